The van der Waals surface area contributed by atoms with Gasteiger partial charge in [-0.05, 0) is 6.07 Å². The van der Waals surface area contributed by atoms with Gasteiger partial charge in [-0.3, -0.25) is 14.4 Å². The maximum absolute atomic E-state index is 12.2. The van der Waals surface area contributed by atoms with Crippen LogP contribution >= 0.6 is 0 Å². The maximum Gasteiger partial charge on any atom is 0.274 e. The minimum Gasteiger partial charge on any atom is -0.335 e. The average molecular weight is 300 g/mol. The highest BCUT2D eigenvalue weighted by atomic mass is 32.2. The zero-order valence-corrected chi connectivity index (χ0v) is 12.6. The van der Waals surface area contributed by atoms with Gasteiger partial charge in [0, 0.05) is 52.2 Å². The Morgan fingerprint density at radius 2 is 1.95 bits per heavy atom. The van der Waals surface area contributed by atoms with Crippen LogP contribution in [-0.2, 0) is 16.9 Å². The van der Waals surface area contributed by atoms with Gasteiger partial charge >= 0.3 is 0 Å². The van der Waals surface area contributed by atoms with Crippen LogP contribution in [0, 0.1) is 0 Å². The zero-order valence-electron chi connectivity index (χ0n) is 11.8. The Balaban J connectivity index is 1.83. The standard InChI is InChI=1S/C12H20N4O3S/c1-14-4-3-11(13-14)12(17)16-7-5-15(6-8-16)9-10-20(2,18)19/h3-4H,5-10H2,1-2H3. The number of hydrogen-bond donors (Lipinski definition) is 0. The normalized spacial score (nSPS) is 17.4. The van der Waals surface area contributed by atoms with Crippen LogP contribution in [0.15, 0.2) is 12.3 Å². The molecule has 112 valence electrons. The van der Waals surface area contributed by atoms with Gasteiger partial charge in [-0.25, -0.2) is 8.42 Å². The van der Waals surface area contributed by atoms with Gasteiger partial charge in [0.2, 0.25) is 0 Å². The molecule has 0 aromatic carbocycles. The van der Waals surface area contributed by atoms with Crippen LogP contribution in [0.25, 0.3) is 0 Å². The monoisotopic (exact) mass is 300 g/mol. The molecule has 8 heteroatoms. The van der Waals surface area contributed by atoms with Crippen LogP contribution in [0.5, 0.6) is 0 Å². The fourth-order valence-corrected chi connectivity index (χ4v) is 2.75. The van der Waals surface area contributed by atoms with Crippen LogP contribution in [0.2, 0.25) is 0 Å². The van der Waals surface area contributed by atoms with E-state index in [1.807, 2.05) is 0 Å². The molecule has 1 fully saturated rings. The number of piperazine rings is 1. The Hall–Kier alpha value is -1.41. The predicted molar refractivity (Wildman–Crippen MR) is 75.3 cm³/mol. The largest absolute Gasteiger partial charge is 0.335 e. The molecule has 20 heavy (non-hydrogen) atoms. The third-order valence-electron chi connectivity index (χ3n) is 3.37. The van der Waals surface area contributed by atoms with Gasteiger partial charge in [-0.1, -0.05) is 0 Å². The Morgan fingerprint density at radius 3 is 2.45 bits per heavy atom. The van der Waals surface area contributed by atoms with E-state index in [-0.39, 0.29) is 11.7 Å². The van der Waals surface area contributed by atoms with Gasteiger partial charge in [0.15, 0.2) is 0 Å². The van der Waals surface area contributed by atoms with Crippen LogP contribution in [-0.4, -0.2) is 78.6 Å². The fourth-order valence-electron chi connectivity index (χ4n) is 2.16. The second-order valence-corrected chi connectivity index (χ2v) is 7.40. The molecule has 0 aliphatic carbocycles. The summed E-state index contributed by atoms with van der Waals surface area (Å²) < 4.78 is 23.9. The number of aryl methyl sites for hydroxylation is 1. The summed E-state index contributed by atoms with van der Waals surface area (Å²) in [7, 11) is -1.15. The highest BCUT2D eigenvalue weighted by Gasteiger charge is 2.23. The molecule has 1 aromatic heterocycles. The summed E-state index contributed by atoms with van der Waals surface area (Å²) in [6.45, 7) is 3.16. The maximum atomic E-state index is 12.2. The molecule has 0 unspecified atom stereocenters. The lowest BCUT2D eigenvalue weighted by molar-refractivity contribution is 0.0637. The lowest BCUT2D eigenvalue weighted by Crippen LogP contribution is -2.49. The quantitative estimate of drug-likeness (QED) is 0.729. The molecule has 0 spiro atoms. The molecular weight excluding hydrogens is 280 g/mol. The van der Waals surface area contributed by atoms with Crippen LogP contribution in [0.4, 0.5) is 0 Å². The zero-order chi connectivity index (χ0) is 14.8. The Morgan fingerprint density at radius 1 is 1.30 bits per heavy atom. The van der Waals surface area contributed by atoms with Crippen molar-refractivity contribution in [2.45, 2.75) is 0 Å². The first-order valence-corrected chi connectivity index (χ1v) is 8.60. The number of sulfone groups is 1. The summed E-state index contributed by atoms with van der Waals surface area (Å²) in [5, 5.41) is 4.11. The average Bonchev–Trinajstić information content (AvgIpc) is 2.82. The van der Waals surface area contributed by atoms with E-state index in [0.717, 1.165) is 0 Å². The number of aromatic nitrogens is 2. The second-order valence-electron chi connectivity index (χ2n) is 5.14. The summed E-state index contributed by atoms with van der Waals surface area (Å²) in [6, 6.07) is 1.71. The molecule has 2 heterocycles. The Bertz CT molecular complexity index is 573. The van der Waals surface area contributed by atoms with Crippen molar-refractivity contribution in [3.8, 4) is 0 Å². The van der Waals surface area contributed by atoms with Gasteiger partial charge < -0.3 is 4.90 Å². The summed E-state index contributed by atoms with van der Waals surface area (Å²) in [4.78, 5) is 16.0. The predicted octanol–water partition coefficient (Wildman–Crippen LogP) is -0.777. The van der Waals surface area contributed by atoms with Crippen molar-refractivity contribution in [3.05, 3.63) is 18.0 Å². The van der Waals surface area contributed by atoms with Crippen molar-refractivity contribution in [2.75, 3.05) is 44.7 Å². The van der Waals surface area contributed by atoms with Crippen molar-refractivity contribution in [1.29, 1.82) is 0 Å². The molecule has 0 N–H and O–H groups in total. The van der Waals surface area contributed by atoms with Crippen molar-refractivity contribution < 1.29 is 13.2 Å². The van der Waals surface area contributed by atoms with E-state index in [2.05, 4.69) is 10.00 Å². The number of amides is 1. The first-order chi connectivity index (χ1) is 9.35. The molecule has 0 radical (unpaired) electrons. The third-order valence-corrected chi connectivity index (χ3v) is 4.29. The number of nitrogens with zero attached hydrogens (tertiary/aromatic N) is 4. The van der Waals surface area contributed by atoms with Gasteiger partial charge in [-0.2, -0.15) is 5.10 Å². The summed E-state index contributed by atoms with van der Waals surface area (Å²) in [6.07, 6.45) is 2.99. The van der Waals surface area contributed by atoms with Crippen LogP contribution in [0.1, 0.15) is 10.5 Å². The lowest BCUT2D eigenvalue weighted by atomic mass is 10.3. The second kappa shape index (κ2) is 5.92. The highest BCUT2D eigenvalue weighted by Crippen LogP contribution is 2.07. The fraction of sp³-hybridized carbons (Fsp3) is 0.667. The number of carbonyl (C=O) groups is 1. The topological polar surface area (TPSA) is 75.5 Å². The van der Waals surface area contributed by atoms with Crippen molar-refractivity contribution in [1.82, 2.24) is 19.6 Å². The minimum atomic E-state index is -2.93. The molecule has 0 saturated carbocycles. The number of carbonyl (C=O) groups excluding carboxylic acids is 1. The van der Waals surface area contributed by atoms with Crippen molar-refractivity contribution in [3.63, 3.8) is 0 Å². The molecular formula is C12H20N4O3S. The molecule has 1 aliphatic rings. The molecule has 0 bridgehead atoms. The molecule has 1 saturated heterocycles. The van der Waals surface area contributed by atoms with E-state index in [0.29, 0.717) is 38.4 Å². The van der Waals surface area contributed by atoms with E-state index < -0.39 is 9.84 Å². The van der Waals surface area contributed by atoms with Crippen LogP contribution in [0.3, 0.4) is 0 Å². The SMILES string of the molecule is Cn1ccc(C(=O)N2CCN(CCS(C)(=O)=O)CC2)n1. The first-order valence-electron chi connectivity index (χ1n) is 6.54. The molecule has 2 rings (SSSR count). The lowest BCUT2D eigenvalue weighted by Gasteiger charge is -2.34. The Kier molecular flexibility index (Phi) is 4.44. The van der Waals surface area contributed by atoms with Crippen molar-refractivity contribution >= 4 is 15.7 Å². The molecule has 0 atom stereocenters. The first kappa shape index (κ1) is 15.0. The Labute approximate surface area is 119 Å². The minimum absolute atomic E-state index is 0.0617. The number of rotatable bonds is 4. The molecule has 1 aliphatic heterocycles. The van der Waals surface area contributed by atoms with E-state index >= 15 is 0 Å². The summed E-state index contributed by atoms with van der Waals surface area (Å²) >= 11 is 0. The van der Waals surface area contributed by atoms with Gasteiger partial charge in [0.05, 0.1) is 5.75 Å². The van der Waals surface area contributed by atoms with Gasteiger partial charge in [-0.15, -0.1) is 0 Å². The molecule has 1 aromatic rings. The number of hydrogen-bond acceptors (Lipinski definition) is 5. The van der Waals surface area contributed by atoms with E-state index in [4.69, 9.17) is 0 Å². The summed E-state index contributed by atoms with van der Waals surface area (Å²) in [5.74, 6) is 0.106. The van der Waals surface area contributed by atoms with Gasteiger partial charge in [0.1, 0.15) is 15.5 Å². The smallest absolute Gasteiger partial charge is 0.274 e. The van der Waals surface area contributed by atoms with Crippen molar-refractivity contribution in [2.24, 2.45) is 7.05 Å². The van der Waals surface area contributed by atoms with Gasteiger partial charge in [0.25, 0.3) is 5.91 Å². The highest BCUT2D eigenvalue weighted by molar-refractivity contribution is 7.90. The molecule has 1 amide bonds. The third kappa shape index (κ3) is 4.04. The van der Waals surface area contributed by atoms with Crippen LogP contribution < -0.4 is 0 Å². The summed E-state index contributed by atoms with van der Waals surface area (Å²) in [5.41, 5.74) is 0.456. The van der Waals surface area contributed by atoms with E-state index in [1.165, 1.54) is 6.26 Å². The van der Waals surface area contributed by atoms with E-state index in [9.17, 15) is 13.2 Å². The van der Waals surface area contributed by atoms with E-state index in [1.54, 1.807) is 28.9 Å². The molecule has 7 nitrogen and oxygen atoms in total.